The van der Waals surface area contributed by atoms with E-state index in [0.717, 1.165) is 56.9 Å². The summed E-state index contributed by atoms with van der Waals surface area (Å²) in [5, 5.41) is 3.86. The maximum absolute atomic E-state index is 5.61. The second-order valence-electron chi connectivity index (χ2n) is 4.58. The molecule has 0 saturated carbocycles. The van der Waals surface area contributed by atoms with Crippen molar-refractivity contribution in [3.63, 3.8) is 0 Å². The Morgan fingerprint density at radius 2 is 1.50 bits per heavy atom. The van der Waals surface area contributed by atoms with Gasteiger partial charge in [-0.3, -0.25) is 0 Å². The van der Waals surface area contributed by atoms with Gasteiger partial charge < -0.3 is 14.0 Å². The van der Waals surface area contributed by atoms with Crippen molar-refractivity contribution in [1.82, 2.24) is 5.16 Å². The molecule has 0 amide bonds. The van der Waals surface area contributed by atoms with Crippen molar-refractivity contribution in [3.8, 4) is 5.75 Å². The number of para-hydroxylation sites is 1. The summed E-state index contributed by atoms with van der Waals surface area (Å²) in [6.45, 7) is 10.3. The molecule has 2 rings (SSSR count). The molecule has 0 radical (unpaired) electrons. The molecule has 1 aromatic carbocycles. The quantitative estimate of drug-likeness (QED) is 0.535. The van der Waals surface area contributed by atoms with Crippen LogP contribution in [0.25, 0.3) is 0 Å². The topological polar surface area (TPSA) is 44.5 Å². The van der Waals surface area contributed by atoms with E-state index in [1.807, 2.05) is 64.1 Å². The van der Waals surface area contributed by atoms with Crippen LogP contribution in [0.15, 0.2) is 47.2 Å². The van der Waals surface area contributed by atoms with E-state index < -0.39 is 0 Å². The Balaban J connectivity index is 0.00000123. The third-order valence-corrected chi connectivity index (χ3v) is 2.91. The van der Waals surface area contributed by atoms with E-state index in [0.29, 0.717) is 0 Å². The van der Waals surface area contributed by atoms with Gasteiger partial charge in [-0.25, -0.2) is 0 Å². The first kappa shape index (κ1) is 22.2. The minimum absolute atomic E-state index is 0.742. The minimum Gasteiger partial charge on any atom is -0.494 e. The SMILES string of the molecule is CC.CC.c1ccc(OCCCCOCCCc2ccon2)cc1. The first-order chi connectivity index (χ1) is 11.9. The molecule has 2 aromatic rings. The molecule has 0 atom stereocenters. The van der Waals surface area contributed by atoms with E-state index in [2.05, 4.69) is 5.16 Å². The van der Waals surface area contributed by atoms with Crippen LogP contribution >= 0.6 is 0 Å². The smallest absolute Gasteiger partial charge is 0.124 e. The average Bonchev–Trinajstić information content (AvgIpc) is 3.18. The van der Waals surface area contributed by atoms with E-state index in [-0.39, 0.29) is 0 Å². The molecule has 1 heterocycles. The zero-order valence-electron chi connectivity index (χ0n) is 15.7. The Bertz CT molecular complexity index is 443. The molecule has 0 aliphatic rings. The number of hydrogen-bond donors (Lipinski definition) is 0. The Hall–Kier alpha value is -1.81. The molecular formula is C20H33NO3. The normalized spacial score (nSPS) is 9.33. The maximum atomic E-state index is 5.61. The fraction of sp³-hybridized carbons (Fsp3) is 0.550. The number of rotatable bonds is 10. The highest BCUT2D eigenvalue weighted by molar-refractivity contribution is 5.20. The van der Waals surface area contributed by atoms with Crippen LogP contribution in [0.4, 0.5) is 0 Å². The lowest BCUT2D eigenvalue weighted by molar-refractivity contribution is 0.124. The van der Waals surface area contributed by atoms with E-state index in [4.69, 9.17) is 14.0 Å². The second-order valence-corrected chi connectivity index (χ2v) is 4.58. The summed E-state index contributed by atoms with van der Waals surface area (Å²) in [5.41, 5.74) is 0.991. The number of ether oxygens (including phenoxy) is 2. The molecule has 0 fully saturated rings. The van der Waals surface area contributed by atoms with Crippen LogP contribution in [0.5, 0.6) is 5.75 Å². The van der Waals surface area contributed by atoms with Gasteiger partial charge in [-0.2, -0.15) is 0 Å². The van der Waals surface area contributed by atoms with Gasteiger partial charge in [-0.15, -0.1) is 0 Å². The van der Waals surface area contributed by atoms with Crippen LogP contribution < -0.4 is 4.74 Å². The summed E-state index contributed by atoms with van der Waals surface area (Å²) >= 11 is 0. The highest BCUT2D eigenvalue weighted by atomic mass is 16.5. The van der Waals surface area contributed by atoms with Crippen LogP contribution in [-0.2, 0) is 11.2 Å². The van der Waals surface area contributed by atoms with Crippen molar-refractivity contribution < 1.29 is 14.0 Å². The van der Waals surface area contributed by atoms with Crippen molar-refractivity contribution in [2.75, 3.05) is 19.8 Å². The fourth-order valence-electron chi connectivity index (χ4n) is 1.84. The van der Waals surface area contributed by atoms with Gasteiger partial charge in [-0.05, 0) is 37.8 Å². The predicted octanol–water partition coefficient (Wildman–Crippen LogP) is 5.54. The molecule has 0 unspecified atom stereocenters. The van der Waals surface area contributed by atoms with Crippen LogP contribution in [0.2, 0.25) is 0 Å². The molecule has 0 N–H and O–H groups in total. The van der Waals surface area contributed by atoms with Crippen LogP contribution in [0.1, 0.15) is 52.7 Å². The van der Waals surface area contributed by atoms with Crippen molar-refractivity contribution >= 4 is 0 Å². The number of unbranched alkanes of at least 4 members (excludes halogenated alkanes) is 1. The standard InChI is InChI=1S/C16H21NO3.2C2H6/c1-2-8-16(9-3-1)19-13-5-4-11-18-12-6-7-15-10-14-20-17-15;2*1-2/h1-3,8-10,14H,4-7,11-13H2;2*1-2H3. The summed E-state index contributed by atoms with van der Waals surface area (Å²) in [4.78, 5) is 0. The Labute approximate surface area is 147 Å². The van der Waals surface area contributed by atoms with Crippen molar-refractivity contribution in [2.45, 2.75) is 53.4 Å². The molecule has 0 aliphatic heterocycles. The summed E-state index contributed by atoms with van der Waals surface area (Å²) in [6, 6.07) is 11.8. The third kappa shape index (κ3) is 11.7. The summed E-state index contributed by atoms with van der Waals surface area (Å²) in [6.07, 6.45) is 5.53. The zero-order valence-corrected chi connectivity index (χ0v) is 15.7. The van der Waals surface area contributed by atoms with Crippen molar-refractivity contribution in [3.05, 3.63) is 48.4 Å². The largest absolute Gasteiger partial charge is 0.494 e. The van der Waals surface area contributed by atoms with E-state index in [9.17, 15) is 0 Å². The average molecular weight is 335 g/mol. The molecular weight excluding hydrogens is 302 g/mol. The van der Waals surface area contributed by atoms with Gasteiger partial charge in [0.25, 0.3) is 0 Å². The molecule has 1 aromatic heterocycles. The van der Waals surface area contributed by atoms with Gasteiger partial charge in [0.15, 0.2) is 0 Å². The predicted molar refractivity (Wildman–Crippen MR) is 99.5 cm³/mol. The number of nitrogens with zero attached hydrogens (tertiary/aromatic N) is 1. The molecule has 0 saturated heterocycles. The summed E-state index contributed by atoms with van der Waals surface area (Å²) in [7, 11) is 0. The van der Waals surface area contributed by atoms with Gasteiger partial charge in [0.2, 0.25) is 0 Å². The molecule has 4 heteroatoms. The number of aromatic nitrogens is 1. The lowest BCUT2D eigenvalue weighted by Crippen LogP contribution is -2.02. The molecule has 136 valence electrons. The lowest BCUT2D eigenvalue weighted by Gasteiger charge is -2.06. The Kier molecular flexibility index (Phi) is 16.2. The first-order valence-corrected chi connectivity index (χ1v) is 9.10. The first-order valence-electron chi connectivity index (χ1n) is 9.10. The maximum Gasteiger partial charge on any atom is 0.124 e. The number of aryl methyl sites for hydroxylation is 1. The van der Waals surface area contributed by atoms with Gasteiger partial charge in [0.1, 0.15) is 12.0 Å². The fourth-order valence-corrected chi connectivity index (χ4v) is 1.84. The Morgan fingerprint density at radius 3 is 2.17 bits per heavy atom. The second kappa shape index (κ2) is 17.5. The van der Waals surface area contributed by atoms with E-state index >= 15 is 0 Å². The summed E-state index contributed by atoms with van der Waals surface area (Å²) in [5.74, 6) is 0.932. The molecule has 0 spiro atoms. The van der Waals surface area contributed by atoms with Crippen LogP contribution in [0, 0.1) is 0 Å². The summed E-state index contributed by atoms with van der Waals surface area (Å²) < 4.78 is 15.9. The third-order valence-electron chi connectivity index (χ3n) is 2.91. The van der Waals surface area contributed by atoms with Crippen molar-refractivity contribution in [1.29, 1.82) is 0 Å². The molecule has 0 aliphatic carbocycles. The zero-order chi connectivity index (χ0) is 17.9. The monoisotopic (exact) mass is 335 g/mol. The molecule has 24 heavy (non-hydrogen) atoms. The minimum atomic E-state index is 0.742. The highest BCUT2D eigenvalue weighted by Crippen LogP contribution is 2.08. The number of benzene rings is 1. The van der Waals surface area contributed by atoms with Gasteiger partial charge in [0.05, 0.1) is 12.3 Å². The van der Waals surface area contributed by atoms with Gasteiger partial charge in [0, 0.05) is 19.3 Å². The molecule has 4 nitrogen and oxygen atoms in total. The Morgan fingerprint density at radius 1 is 0.833 bits per heavy atom. The molecule has 0 bridgehead atoms. The van der Waals surface area contributed by atoms with E-state index in [1.165, 1.54) is 0 Å². The van der Waals surface area contributed by atoms with E-state index in [1.54, 1.807) is 6.26 Å². The lowest BCUT2D eigenvalue weighted by atomic mass is 10.2. The highest BCUT2D eigenvalue weighted by Gasteiger charge is 1.97. The van der Waals surface area contributed by atoms with Crippen LogP contribution in [0.3, 0.4) is 0 Å². The van der Waals surface area contributed by atoms with Crippen molar-refractivity contribution in [2.24, 2.45) is 0 Å². The van der Waals surface area contributed by atoms with Gasteiger partial charge >= 0.3 is 0 Å². The van der Waals surface area contributed by atoms with Gasteiger partial charge in [-0.1, -0.05) is 51.1 Å². The van der Waals surface area contributed by atoms with Crippen LogP contribution in [-0.4, -0.2) is 25.0 Å². The number of hydrogen-bond acceptors (Lipinski definition) is 4.